The average molecular weight is 397 g/mol. The topological polar surface area (TPSA) is 85.0 Å². The lowest BCUT2D eigenvalue weighted by Gasteiger charge is -2.16. The zero-order valence-electron chi connectivity index (χ0n) is 13.4. The minimum absolute atomic E-state index is 0.134. The second-order valence-electron chi connectivity index (χ2n) is 5.25. The molecular weight excluding hydrogens is 378 g/mol. The van der Waals surface area contributed by atoms with Crippen LogP contribution in [-0.2, 0) is 11.3 Å². The van der Waals surface area contributed by atoms with Crippen LogP contribution in [-0.4, -0.2) is 32.5 Å². The van der Waals surface area contributed by atoms with Gasteiger partial charge in [-0.3, -0.25) is 20.4 Å². The van der Waals surface area contributed by atoms with E-state index in [1.165, 1.54) is 12.3 Å². The molecule has 0 bridgehead atoms. The summed E-state index contributed by atoms with van der Waals surface area (Å²) in [6.45, 7) is 0.788. The Kier molecular flexibility index (Phi) is 6.39. The molecule has 2 amide bonds. The highest BCUT2D eigenvalue weighted by Crippen LogP contribution is 2.21. The molecule has 0 saturated carbocycles. The molecule has 2 aromatic rings. The van der Waals surface area contributed by atoms with E-state index >= 15 is 0 Å². The van der Waals surface area contributed by atoms with Crippen LogP contribution in [0.15, 0.2) is 45.5 Å². The van der Waals surface area contributed by atoms with E-state index < -0.39 is 5.91 Å². The van der Waals surface area contributed by atoms with Crippen LogP contribution in [0.1, 0.15) is 16.1 Å². The van der Waals surface area contributed by atoms with Crippen LogP contribution in [0.5, 0.6) is 5.75 Å². The van der Waals surface area contributed by atoms with Gasteiger partial charge in [-0.05, 0) is 30.3 Å². The predicted octanol–water partition coefficient (Wildman–Crippen LogP) is 0.527. The smallest absolute Gasteiger partial charge is 0.305 e. The van der Waals surface area contributed by atoms with Gasteiger partial charge >= 0.3 is 5.91 Å². The van der Waals surface area contributed by atoms with E-state index in [1.54, 1.807) is 13.2 Å². The van der Waals surface area contributed by atoms with Gasteiger partial charge in [-0.2, -0.15) is 0 Å². The lowest BCUT2D eigenvalue weighted by Crippen LogP contribution is -3.09. The number of amides is 2. The summed E-state index contributed by atoms with van der Waals surface area (Å²) in [5.41, 5.74) is 5.66. The lowest BCUT2D eigenvalue weighted by molar-refractivity contribution is -0.885. The van der Waals surface area contributed by atoms with E-state index in [2.05, 4.69) is 26.8 Å². The minimum atomic E-state index is -0.500. The first-order chi connectivity index (χ1) is 11.5. The van der Waals surface area contributed by atoms with E-state index in [0.29, 0.717) is 6.54 Å². The van der Waals surface area contributed by atoms with Crippen molar-refractivity contribution in [3.8, 4) is 5.75 Å². The zero-order chi connectivity index (χ0) is 17.5. The van der Waals surface area contributed by atoms with Crippen molar-refractivity contribution in [3.05, 3.63) is 52.4 Å². The van der Waals surface area contributed by atoms with Gasteiger partial charge in [0.05, 0.1) is 20.4 Å². The SMILES string of the molecule is COc1ccc(Br)cc1C[NH+](C)CC(=O)NNC(=O)c1ccco1. The van der Waals surface area contributed by atoms with Crippen LogP contribution in [0.25, 0.3) is 0 Å². The van der Waals surface area contributed by atoms with Gasteiger partial charge in [0.15, 0.2) is 12.3 Å². The predicted molar refractivity (Wildman–Crippen MR) is 90.5 cm³/mol. The third-order valence-corrected chi connectivity index (χ3v) is 3.75. The Morgan fingerprint density at radius 3 is 2.75 bits per heavy atom. The van der Waals surface area contributed by atoms with Crippen molar-refractivity contribution in [1.29, 1.82) is 0 Å². The molecule has 3 N–H and O–H groups in total. The van der Waals surface area contributed by atoms with E-state index in [-0.39, 0.29) is 18.2 Å². The molecule has 0 aliphatic heterocycles. The number of methoxy groups -OCH3 is 1. The number of likely N-dealkylation sites (N-methyl/N-ethyl adjacent to an activating group) is 1. The summed E-state index contributed by atoms with van der Waals surface area (Å²) in [6.07, 6.45) is 1.39. The zero-order valence-corrected chi connectivity index (χ0v) is 15.0. The molecule has 0 saturated heterocycles. The molecule has 0 aliphatic rings. The van der Waals surface area contributed by atoms with Crippen molar-refractivity contribution in [2.45, 2.75) is 6.54 Å². The third-order valence-electron chi connectivity index (χ3n) is 3.26. The normalized spacial score (nSPS) is 11.6. The number of carbonyl (C=O) groups excluding carboxylic acids is 2. The van der Waals surface area contributed by atoms with Crippen LogP contribution in [0.3, 0.4) is 0 Å². The fourth-order valence-electron chi connectivity index (χ4n) is 2.19. The number of benzene rings is 1. The van der Waals surface area contributed by atoms with Crippen molar-refractivity contribution < 1.29 is 23.6 Å². The maximum absolute atomic E-state index is 11.9. The number of hydrogen-bond donors (Lipinski definition) is 3. The molecule has 1 heterocycles. The van der Waals surface area contributed by atoms with Crippen molar-refractivity contribution in [2.24, 2.45) is 0 Å². The van der Waals surface area contributed by atoms with Gasteiger partial charge in [-0.25, -0.2) is 0 Å². The van der Waals surface area contributed by atoms with Crippen LogP contribution in [0.4, 0.5) is 0 Å². The summed E-state index contributed by atoms with van der Waals surface area (Å²) in [4.78, 5) is 24.5. The molecule has 2 rings (SSSR count). The maximum Gasteiger partial charge on any atom is 0.305 e. The molecule has 0 fully saturated rings. The van der Waals surface area contributed by atoms with Crippen LogP contribution < -0.4 is 20.5 Å². The molecule has 24 heavy (non-hydrogen) atoms. The Hall–Kier alpha value is -2.32. The summed E-state index contributed by atoms with van der Waals surface area (Å²) < 4.78 is 11.2. The first-order valence-electron chi connectivity index (χ1n) is 7.26. The van der Waals surface area contributed by atoms with Gasteiger partial charge in [0.2, 0.25) is 0 Å². The van der Waals surface area contributed by atoms with Gasteiger partial charge in [0.25, 0.3) is 5.91 Å². The summed E-state index contributed by atoms with van der Waals surface area (Å²) >= 11 is 3.43. The van der Waals surface area contributed by atoms with Crippen molar-refractivity contribution in [1.82, 2.24) is 10.9 Å². The summed E-state index contributed by atoms with van der Waals surface area (Å²) in [6, 6.07) is 8.84. The van der Waals surface area contributed by atoms with Gasteiger partial charge in [0.1, 0.15) is 12.3 Å². The van der Waals surface area contributed by atoms with Crippen LogP contribution >= 0.6 is 15.9 Å². The van der Waals surface area contributed by atoms with Gasteiger partial charge in [-0.1, -0.05) is 15.9 Å². The Bertz CT molecular complexity index is 703. The molecule has 0 spiro atoms. The second-order valence-corrected chi connectivity index (χ2v) is 6.16. The quantitative estimate of drug-likeness (QED) is 0.621. The largest absolute Gasteiger partial charge is 0.496 e. The Balaban J connectivity index is 1.83. The fourth-order valence-corrected chi connectivity index (χ4v) is 2.60. The number of nitrogens with one attached hydrogen (secondary N) is 3. The van der Waals surface area contributed by atoms with Gasteiger partial charge < -0.3 is 14.1 Å². The molecule has 1 aromatic carbocycles. The number of rotatable bonds is 6. The van der Waals surface area contributed by atoms with Crippen molar-refractivity contribution in [2.75, 3.05) is 20.7 Å². The Morgan fingerprint density at radius 2 is 2.08 bits per heavy atom. The Morgan fingerprint density at radius 1 is 1.29 bits per heavy atom. The van der Waals surface area contributed by atoms with E-state index in [4.69, 9.17) is 9.15 Å². The summed E-state index contributed by atoms with van der Waals surface area (Å²) in [5.74, 6) is 0.0972. The minimum Gasteiger partial charge on any atom is -0.496 e. The Labute approximate surface area is 148 Å². The molecule has 1 unspecified atom stereocenters. The van der Waals surface area contributed by atoms with Crippen molar-refractivity contribution >= 4 is 27.7 Å². The maximum atomic E-state index is 11.9. The van der Waals surface area contributed by atoms with E-state index in [9.17, 15) is 9.59 Å². The number of halogens is 1. The first-order valence-corrected chi connectivity index (χ1v) is 8.05. The van der Waals surface area contributed by atoms with Crippen molar-refractivity contribution in [3.63, 3.8) is 0 Å². The van der Waals surface area contributed by atoms with Crippen LogP contribution in [0.2, 0.25) is 0 Å². The standard InChI is InChI=1S/C16H18BrN3O4/c1-20(9-11-8-12(17)5-6-13(11)23-2)10-15(21)18-19-16(22)14-4-3-7-24-14/h3-8H,9-10H2,1-2H3,(H,18,21)(H,19,22)/p+1. The second kappa shape index (κ2) is 8.51. The van der Waals surface area contributed by atoms with Gasteiger partial charge in [-0.15, -0.1) is 0 Å². The number of hydrazine groups is 1. The molecule has 1 atom stereocenters. The lowest BCUT2D eigenvalue weighted by atomic mass is 10.2. The molecule has 7 nitrogen and oxygen atoms in total. The summed E-state index contributed by atoms with van der Waals surface area (Å²) in [7, 11) is 3.49. The number of furan rings is 1. The average Bonchev–Trinajstić information content (AvgIpc) is 3.07. The van der Waals surface area contributed by atoms with E-state index in [0.717, 1.165) is 20.7 Å². The molecule has 1 aromatic heterocycles. The monoisotopic (exact) mass is 396 g/mol. The molecule has 8 heteroatoms. The highest BCUT2D eigenvalue weighted by molar-refractivity contribution is 9.10. The first kappa shape index (κ1) is 18.0. The van der Waals surface area contributed by atoms with E-state index in [1.807, 2.05) is 25.2 Å². The highest BCUT2D eigenvalue weighted by Gasteiger charge is 2.15. The molecular formula is C16H19BrN3O4+. The number of hydrogen-bond acceptors (Lipinski definition) is 4. The number of quaternary nitrogens is 1. The third kappa shape index (κ3) is 5.10. The fraction of sp³-hybridized carbons (Fsp3) is 0.250. The number of ether oxygens (including phenoxy) is 1. The number of carbonyl (C=O) groups is 2. The van der Waals surface area contributed by atoms with Gasteiger partial charge in [0, 0.05) is 10.0 Å². The van der Waals surface area contributed by atoms with Crippen LogP contribution in [0, 0.1) is 0 Å². The molecule has 0 aliphatic carbocycles. The molecule has 128 valence electrons. The molecule has 0 radical (unpaired) electrons. The summed E-state index contributed by atoms with van der Waals surface area (Å²) in [5, 5.41) is 0. The highest BCUT2D eigenvalue weighted by atomic mass is 79.9.